The zero-order valence-corrected chi connectivity index (χ0v) is 13.4. The van der Waals surface area contributed by atoms with Gasteiger partial charge >= 0.3 is 0 Å². The molecule has 0 spiro atoms. The molecule has 0 saturated heterocycles. The molecule has 3 rings (SSSR count). The number of amides is 1. The number of hydrogen-bond donors (Lipinski definition) is 1. The monoisotopic (exact) mass is 361 g/mol. The van der Waals surface area contributed by atoms with Gasteiger partial charge in [-0.25, -0.2) is 0 Å². The Morgan fingerprint density at radius 3 is 2.62 bits per heavy atom. The number of nitrogens with one attached hydrogen (secondary N) is 1. The maximum atomic E-state index is 12.0. The molecule has 1 amide bonds. The Kier molecular flexibility index (Phi) is 4.22. The molecule has 3 aromatic rings. The third-order valence-corrected chi connectivity index (χ3v) is 4.74. The van der Waals surface area contributed by atoms with Crippen LogP contribution in [0, 0.1) is 0 Å². The number of thiophene rings is 1. The lowest BCUT2D eigenvalue weighted by molar-refractivity contribution is 0.0955. The Labute approximate surface area is 134 Å². The molecule has 0 saturated carbocycles. The Bertz CT molecular complexity index is 732. The van der Waals surface area contributed by atoms with E-state index in [1.807, 2.05) is 41.8 Å². The van der Waals surface area contributed by atoms with E-state index in [2.05, 4.69) is 21.2 Å². The second-order valence-corrected chi connectivity index (χ2v) is 6.35. The first-order chi connectivity index (χ1) is 10.2. The number of furan rings is 1. The van der Waals surface area contributed by atoms with Gasteiger partial charge in [-0.3, -0.25) is 4.79 Å². The summed E-state index contributed by atoms with van der Waals surface area (Å²) in [6.07, 6.45) is 3.37. The molecule has 1 N–H and O–H groups in total. The molecule has 0 aliphatic heterocycles. The quantitative estimate of drug-likeness (QED) is 0.731. The van der Waals surface area contributed by atoms with E-state index in [-0.39, 0.29) is 5.91 Å². The molecule has 0 atom stereocenters. The number of carbonyl (C=O) groups is 1. The summed E-state index contributed by atoms with van der Waals surface area (Å²) in [6, 6.07) is 11.8. The molecule has 21 heavy (non-hydrogen) atoms. The minimum absolute atomic E-state index is 0.0513. The van der Waals surface area contributed by atoms with Gasteiger partial charge in [0, 0.05) is 22.0 Å². The Balaban J connectivity index is 1.62. The van der Waals surface area contributed by atoms with Gasteiger partial charge in [-0.2, -0.15) is 0 Å². The number of carbonyl (C=O) groups excluding carboxylic acids is 1. The van der Waals surface area contributed by atoms with Gasteiger partial charge in [0.1, 0.15) is 0 Å². The lowest BCUT2D eigenvalue weighted by Gasteiger charge is -2.05. The number of halogens is 1. The summed E-state index contributed by atoms with van der Waals surface area (Å²) in [5.74, 6) is -0.0513. The van der Waals surface area contributed by atoms with E-state index < -0.39 is 0 Å². The summed E-state index contributed by atoms with van der Waals surface area (Å²) < 4.78 is 6.00. The second kappa shape index (κ2) is 6.28. The van der Waals surface area contributed by atoms with Gasteiger partial charge in [0.15, 0.2) is 0 Å². The maximum absolute atomic E-state index is 12.0. The van der Waals surface area contributed by atoms with Crippen molar-refractivity contribution in [3.8, 4) is 11.1 Å². The highest BCUT2D eigenvalue weighted by Gasteiger charge is 2.08. The van der Waals surface area contributed by atoms with E-state index in [0.717, 1.165) is 21.2 Å². The standard InChI is InChI=1S/C16H12BrNO2S/c17-14-7-15(21-10-14)16(19)18-8-11-1-3-12(4-2-11)13-5-6-20-9-13/h1-7,9-10H,8H2,(H,18,19). The van der Waals surface area contributed by atoms with Gasteiger partial charge < -0.3 is 9.73 Å². The van der Waals surface area contributed by atoms with Crippen LogP contribution in [0.2, 0.25) is 0 Å². The SMILES string of the molecule is O=C(NCc1ccc(-c2ccoc2)cc1)c1cc(Br)cs1. The molecule has 106 valence electrons. The van der Waals surface area contributed by atoms with E-state index in [9.17, 15) is 4.79 Å². The van der Waals surface area contributed by atoms with Crippen molar-refractivity contribution >= 4 is 33.2 Å². The molecular weight excluding hydrogens is 350 g/mol. The molecule has 3 nitrogen and oxygen atoms in total. The minimum Gasteiger partial charge on any atom is -0.472 e. The first-order valence-electron chi connectivity index (χ1n) is 6.36. The van der Waals surface area contributed by atoms with E-state index in [4.69, 9.17) is 4.42 Å². The second-order valence-electron chi connectivity index (χ2n) is 4.52. The maximum Gasteiger partial charge on any atom is 0.261 e. The molecule has 0 radical (unpaired) electrons. The number of benzene rings is 1. The first-order valence-corrected chi connectivity index (χ1v) is 8.03. The van der Waals surface area contributed by atoms with Crippen LogP contribution in [-0.2, 0) is 6.54 Å². The van der Waals surface area contributed by atoms with Crippen molar-refractivity contribution in [1.82, 2.24) is 5.32 Å². The Hall–Kier alpha value is -1.85. The van der Waals surface area contributed by atoms with Crippen molar-refractivity contribution in [3.63, 3.8) is 0 Å². The Morgan fingerprint density at radius 2 is 2.00 bits per heavy atom. The zero-order chi connectivity index (χ0) is 14.7. The molecule has 2 heterocycles. The van der Waals surface area contributed by atoms with E-state index in [1.165, 1.54) is 11.3 Å². The highest BCUT2D eigenvalue weighted by Crippen LogP contribution is 2.21. The van der Waals surface area contributed by atoms with Crippen molar-refractivity contribution in [3.05, 3.63) is 69.2 Å². The molecule has 0 unspecified atom stereocenters. The third-order valence-electron chi connectivity index (χ3n) is 3.05. The van der Waals surface area contributed by atoms with Crippen molar-refractivity contribution in [2.75, 3.05) is 0 Å². The predicted octanol–water partition coefficient (Wildman–Crippen LogP) is 4.70. The summed E-state index contributed by atoms with van der Waals surface area (Å²) in [5, 5.41) is 4.81. The molecular formula is C16H12BrNO2S. The molecule has 0 fully saturated rings. The minimum atomic E-state index is -0.0513. The fraction of sp³-hybridized carbons (Fsp3) is 0.0625. The van der Waals surface area contributed by atoms with Crippen molar-refractivity contribution in [2.24, 2.45) is 0 Å². The van der Waals surface area contributed by atoms with Crippen LogP contribution >= 0.6 is 27.3 Å². The van der Waals surface area contributed by atoms with Crippen LogP contribution in [-0.4, -0.2) is 5.91 Å². The third kappa shape index (κ3) is 3.43. The van der Waals surface area contributed by atoms with Crippen LogP contribution in [0.5, 0.6) is 0 Å². The van der Waals surface area contributed by atoms with Crippen LogP contribution in [0.25, 0.3) is 11.1 Å². The topological polar surface area (TPSA) is 42.2 Å². The lowest BCUT2D eigenvalue weighted by Crippen LogP contribution is -2.21. The molecule has 5 heteroatoms. The summed E-state index contributed by atoms with van der Waals surface area (Å²) in [7, 11) is 0. The summed E-state index contributed by atoms with van der Waals surface area (Å²) in [4.78, 5) is 12.7. The van der Waals surface area contributed by atoms with E-state index in [0.29, 0.717) is 11.4 Å². The van der Waals surface area contributed by atoms with Crippen molar-refractivity contribution in [1.29, 1.82) is 0 Å². The van der Waals surface area contributed by atoms with E-state index >= 15 is 0 Å². The average molecular weight is 362 g/mol. The summed E-state index contributed by atoms with van der Waals surface area (Å²) in [6.45, 7) is 0.514. The van der Waals surface area contributed by atoms with Crippen LogP contribution in [0.1, 0.15) is 15.2 Å². The predicted molar refractivity (Wildman–Crippen MR) is 87.3 cm³/mol. The molecule has 0 aliphatic carbocycles. The normalized spacial score (nSPS) is 10.5. The van der Waals surface area contributed by atoms with Crippen LogP contribution < -0.4 is 5.32 Å². The van der Waals surface area contributed by atoms with Crippen molar-refractivity contribution < 1.29 is 9.21 Å². The van der Waals surface area contributed by atoms with Crippen LogP contribution in [0.3, 0.4) is 0 Å². The zero-order valence-electron chi connectivity index (χ0n) is 11.0. The fourth-order valence-corrected chi connectivity index (χ4v) is 3.29. The van der Waals surface area contributed by atoms with Crippen LogP contribution in [0.15, 0.2) is 63.2 Å². The molecule has 0 aliphatic rings. The fourth-order valence-electron chi connectivity index (χ4n) is 1.95. The largest absolute Gasteiger partial charge is 0.472 e. The lowest BCUT2D eigenvalue weighted by atomic mass is 10.1. The summed E-state index contributed by atoms with van der Waals surface area (Å²) in [5.41, 5.74) is 3.21. The van der Waals surface area contributed by atoms with Gasteiger partial charge in [-0.1, -0.05) is 24.3 Å². The van der Waals surface area contributed by atoms with E-state index in [1.54, 1.807) is 12.5 Å². The molecule has 0 bridgehead atoms. The molecule has 2 aromatic heterocycles. The average Bonchev–Trinajstić information content (AvgIpc) is 3.16. The Morgan fingerprint density at radius 1 is 1.19 bits per heavy atom. The molecule has 1 aromatic carbocycles. The smallest absolute Gasteiger partial charge is 0.261 e. The highest BCUT2D eigenvalue weighted by molar-refractivity contribution is 9.10. The van der Waals surface area contributed by atoms with Gasteiger partial charge in [0.05, 0.1) is 17.4 Å². The summed E-state index contributed by atoms with van der Waals surface area (Å²) >= 11 is 4.77. The number of rotatable bonds is 4. The van der Waals surface area contributed by atoms with Gasteiger partial charge in [0.2, 0.25) is 0 Å². The van der Waals surface area contributed by atoms with Crippen LogP contribution in [0.4, 0.5) is 0 Å². The highest BCUT2D eigenvalue weighted by atomic mass is 79.9. The van der Waals surface area contributed by atoms with Crippen molar-refractivity contribution in [2.45, 2.75) is 6.54 Å². The first kappa shape index (κ1) is 14.1. The number of hydrogen-bond acceptors (Lipinski definition) is 3. The van der Waals surface area contributed by atoms with Gasteiger partial charge in [-0.05, 0) is 39.2 Å². The van der Waals surface area contributed by atoms with Gasteiger partial charge in [0.25, 0.3) is 5.91 Å². The van der Waals surface area contributed by atoms with Gasteiger partial charge in [-0.15, -0.1) is 11.3 Å².